The SMILES string of the molecule is CCCNC(=O)C1CN(S(=O)(=O)c2ccc(CC)cc2)c2ccccc2O1. The lowest BCUT2D eigenvalue weighted by molar-refractivity contribution is -0.127. The van der Waals surface area contributed by atoms with Crippen molar-refractivity contribution in [2.24, 2.45) is 0 Å². The molecule has 7 heteroatoms. The van der Waals surface area contributed by atoms with E-state index in [1.807, 2.05) is 26.0 Å². The minimum Gasteiger partial charge on any atom is -0.476 e. The zero-order valence-electron chi connectivity index (χ0n) is 15.5. The molecule has 0 bridgehead atoms. The summed E-state index contributed by atoms with van der Waals surface area (Å²) in [6.45, 7) is 4.42. The van der Waals surface area contributed by atoms with Crippen LogP contribution in [-0.4, -0.2) is 33.5 Å². The first-order chi connectivity index (χ1) is 13.0. The van der Waals surface area contributed by atoms with Crippen LogP contribution < -0.4 is 14.4 Å². The van der Waals surface area contributed by atoms with Gasteiger partial charge in [-0.2, -0.15) is 0 Å². The number of fused-ring (bicyclic) bond motifs is 1. The van der Waals surface area contributed by atoms with E-state index in [0.717, 1.165) is 18.4 Å². The number of hydrogen-bond acceptors (Lipinski definition) is 4. The van der Waals surface area contributed by atoms with Gasteiger partial charge >= 0.3 is 0 Å². The standard InChI is InChI=1S/C20H24N2O4S/c1-3-13-21-20(23)19-14-22(17-7-5-6-8-18(17)26-19)27(24,25)16-11-9-15(4-2)10-12-16/h5-12,19H,3-4,13-14H2,1-2H3,(H,21,23). The average molecular weight is 388 g/mol. The number of anilines is 1. The fourth-order valence-electron chi connectivity index (χ4n) is 2.95. The highest BCUT2D eigenvalue weighted by atomic mass is 32.2. The molecule has 0 aromatic heterocycles. The maximum Gasteiger partial charge on any atom is 0.264 e. The van der Waals surface area contributed by atoms with Gasteiger partial charge in [-0.25, -0.2) is 8.42 Å². The van der Waals surface area contributed by atoms with Gasteiger partial charge in [0.1, 0.15) is 5.75 Å². The molecule has 1 N–H and O–H groups in total. The summed E-state index contributed by atoms with van der Waals surface area (Å²) in [5.41, 5.74) is 1.50. The molecule has 27 heavy (non-hydrogen) atoms. The van der Waals surface area contributed by atoms with Gasteiger partial charge in [0.2, 0.25) is 0 Å². The van der Waals surface area contributed by atoms with Gasteiger partial charge in [0.25, 0.3) is 15.9 Å². The van der Waals surface area contributed by atoms with E-state index < -0.39 is 16.1 Å². The summed E-state index contributed by atoms with van der Waals surface area (Å²) in [6.07, 6.45) is 0.734. The van der Waals surface area contributed by atoms with Crippen molar-refractivity contribution in [2.75, 3.05) is 17.4 Å². The first-order valence-electron chi connectivity index (χ1n) is 9.12. The largest absolute Gasteiger partial charge is 0.476 e. The second-order valence-electron chi connectivity index (χ2n) is 6.40. The van der Waals surface area contributed by atoms with Gasteiger partial charge in [0, 0.05) is 6.54 Å². The summed E-state index contributed by atoms with van der Waals surface area (Å²) in [4.78, 5) is 12.6. The first-order valence-corrected chi connectivity index (χ1v) is 10.6. The van der Waals surface area contributed by atoms with Gasteiger partial charge in [0.05, 0.1) is 17.1 Å². The highest BCUT2D eigenvalue weighted by Gasteiger charge is 2.37. The van der Waals surface area contributed by atoms with Crippen LogP contribution in [0.25, 0.3) is 0 Å². The number of rotatable bonds is 6. The number of para-hydroxylation sites is 2. The zero-order valence-corrected chi connectivity index (χ0v) is 16.3. The lowest BCUT2D eigenvalue weighted by Gasteiger charge is -2.34. The molecule has 0 radical (unpaired) electrons. The Hall–Kier alpha value is -2.54. The third-order valence-corrected chi connectivity index (χ3v) is 6.29. The lowest BCUT2D eigenvalue weighted by Crippen LogP contribution is -2.50. The van der Waals surface area contributed by atoms with Crippen molar-refractivity contribution in [1.29, 1.82) is 0 Å². The molecule has 144 valence electrons. The number of aryl methyl sites for hydroxylation is 1. The number of benzene rings is 2. The Labute approximate surface area is 160 Å². The smallest absolute Gasteiger partial charge is 0.264 e. The number of ether oxygens (including phenoxy) is 1. The summed E-state index contributed by atoms with van der Waals surface area (Å²) in [7, 11) is -3.81. The highest BCUT2D eigenvalue weighted by molar-refractivity contribution is 7.92. The average Bonchev–Trinajstić information content (AvgIpc) is 2.71. The van der Waals surface area contributed by atoms with Gasteiger partial charge in [0.15, 0.2) is 6.10 Å². The number of sulfonamides is 1. The van der Waals surface area contributed by atoms with E-state index in [4.69, 9.17) is 4.74 Å². The molecule has 2 aromatic carbocycles. The number of hydrogen-bond donors (Lipinski definition) is 1. The van der Waals surface area contributed by atoms with Gasteiger partial charge in [-0.05, 0) is 42.7 Å². The molecule has 1 aliphatic rings. The third kappa shape index (κ3) is 3.93. The van der Waals surface area contributed by atoms with Crippen LogP contribution in [0.4, 0.5) is 5.69 Å². The number of nitrogens with zero attached hydrogens (tertiary/aromatic N) is 1. The van der Waals surface area contributed by atoms with Crippen molar-refractivity contribution in [1.82, 2.24) is 5.32 Å². The summed E-state index contributed by atoms with van der Waals surface area (Å²) < 4.78 is 33.6. The Kier molecular flexibility index (Phi) is 5.70. The quantitative estimate of drug-likeness (QED) is 0.826. The van der Waals surface area contributed by atoms with Crippen LogP contribution >= 0.6 is 0 Å². The van der Waals surface area contributed by atoms with Crippen molar-refractivity contribution in [3.05, 3.63) is 54.1 Å². The Morgan fingerprint density at radius 1 is 1.15 bits per heavy atom. The maximum absolute atomic E-state index is 13.3. The molecular weight excluding hydrogens is 364 g/mol. The van der Waals surface area contributed by atoms with Gasteiger partial charge in [-0.15, -0.1) is 0 Å². The Balaban J connectivity index is 1.97. The summed E-state index contributed by atoms with van der Waals surface area (Å²) in [5.74, 6) is 0.0713. The van der Waals surface area contributed by atoms with Gasteiger partial charge < -0.3 is 10.1 Å². The predicted molar refractivity (Wildman–Crippen MR) is 105 cm³/mol. The van der Waals surface area contributed by atoms with Gasteiger partial charge in [-0.3, -0.25) is 9.10 Å². The van der Waals surface area contributed by atoms with Crippen molar-refractivity contribution in [3.63, 3.8) is 0 Å². The Morgan fingerprint density at radius 2 is 1.85 bits per heavy atom. The molecule has 0 aliphatic carbocycles. The van der Waals surface area contributed by atoms with Crippen molar-refractivity contribution in [3.8, 4) is 5.75 Å². The molecule has 1 aliphatic heterocycles. The van der Waals surface area contributed by atoms with Crippen molar-refractivity contribution < 1.29 is 17.9 Å². The number of carbonyl (C=O) groups excluding carboxylic acids is 1. The second kappa shape index (κ2) is 8.00. The molecule has 0 spiro atoms. The zero-order chi connectivity index (χ0) is 19.4. The molecule has 0 saturated carbocycles. The Morgan fingerprint density at radius 3 is 2.52 bits per heavy atom. The monoisotopic (exact) mass is 388 g/mol. The van der Waals surface area contributed by atoms with Crippen LogP contribution in [0.3, 0.4) is 0 Å². The van der Waals surface area contributed by atoms with Crippen LogP contribution in [0.15, 0.2) is 53.4 Å². The highest BCUT2D eigenvalue weighted by Crippen LogP contribution is 2.36. The molecule has 0 fully saturated rings. The van der Waals surface area contributed by atoms with Crippen molar-refractivity contribution in [2.45, 2.75) is 37.7 Å². The first kappa shape index (κ1) is 19.2. The molecule has 3 rings (SSSR count). The fraction of sp³-hybridized carbons (Fsp3) is 0.350. The van der Waals surface area contributed by atoms with Crippen LogP contribution in [0.1, 0.15) is 25.8 Å². The molecule has 6 nitrogen and oxygen atoms in total. The normalized spacial score (nSPS) is 16.4. The molecule has 1 amide bonds. The van der Waals surface area contributed by atoms with E-state index in [2.05, 4.69) is 5.32 Å². The molecule has 0 saturated heterocycles. The van der Waals surface area contributed by atoms with E-state index in [0.29, 0.717) is 18.0 Å². The Bertz CT molecular complexity index is 910. The van der Waals surface area contributed by atoms with Crippen LogP contribution in [0, 0.1) is 0 Å². The second-order valence-corrected chi connectivity index (χ2v) is 8.26. The summed E-state index contributed by atoms with van der Waals surface area (Å²) in [6, 6.07) is 13.7. The number of carbonyl (C=O) groups is 1. The van der Waals surface area contributed by atoms with E-state index in [1.54, 1.807) is 36.4 Å². The molecule has 2 aromatic rings. The lowest BCUT2D eigenvalue weighted by atomic mass is 10.2. The van der Waals surface area contributed by atoms with Crippen molar-refractivity contribution >= 4 is 21.6 Å². The predicted octanol–water partition coefficient (Wildman–Crippen LogP) is 2.73. The van der Waals surface area contributed by atoms with E-state index in [9.17, 15) is 13.2 Å². The minimum absolute atomic E-state index is 0.0651. The van der Waals surface area contributed by atoms with Crippen LogP contribution in [0.2, 0.25) is 0 Å². The molecule has 1 heterocycles. The topological polar surface area (TPSA) is 75.7 Å². The molecular formula is C20H24N2O4S. The molecule has 1 unspecified atom stereocenters. The van der Waals surface area contributed by atoms with E-state index >= 15 is 0 Å². The number of nitrogens with one attached hydrogen (secondary N) is 1. The molecule has 1 atom stereocenters. The fourth-order valence-corrected chi connectivity index (χ4v) is 4.43. The maximum atomic E-state index is 13.3. The van der Waals surface area contributed by atoms with E-state index in [1.165, 1.54) is 4.31 Å². The van der Waals surface area contributed by atoms with Gasteiger partial charge in [-0.1, -0.05) is 38.1 Å². The van der Waals surface area contributed by atoms with Crippen LogP contribution in [0.5, 0.6) is 5.75 Å². The van der Waals surface area contributed by atoms with Crippen LogP contribution in [-0.2, 0) is 21.2 Å². The number of amides is 1. The minimum atomic E-state index is -3.81. The third-order valence-electron chi connectivity index (χ3n) is 4.50. The summed E-state index contributed by atoms with van der Waals surface area (Å²) in [5, 5.41) is 2.77. The van der Waals surface area contributed by atoms with E-state index in [-0.39, 0.29) is 17.3 Å². The summed E-state index contributed by atoms with van der Waals surface area (Å²) >= 11 is 0.